The van der Waals surface area contributed by atoms with Gasteiger partial charge in [-0.1, -0.05) is 6.07 Å². The summed E-state index contributed by atoms with van der Waals surface area (Å²) in [6.07, 6.45) is 1.90. The number of benzene rings is 1. The van der Waals surface area contributed by atoms with Gasteiger partial charge >= 0.3 is 0 Å². The number of imidazole rings is 1. The lowest BCUT2D eigenvalue weighted by atomic mass is 10.0. The zero-order chi connectivity index (χ0) is 14.9. The van der Waals surface area contributed by atoms with Crippen LogP contribution in [0.2, 0.25) is 0 Å². The number of aromatic nitrogens is 2. The number of nitrogens with zero attached hydrogens (tertiary/aromatic N) is 2. The van der Waals surface area contributed by atoms with Crippen LogP contribution in [0, 0.1) is 20.8 Å². The van der Waals surface area contributed by atoms with Gasteiger partial charge in [0.2, 0.25) is 0 Å². The first kappa shape index (κ1) is 14.8. The van der Waals surface area contributed by atoms with Crippen LogP contribution in [-0.4, -0.2) is 15.1 Å². The minimum absolute atomic E-state index is 0.142. The average molecular weight is 271 g/mol. The van der Waals surface area contributed by atoms with E-state index >= 15 is 0 Å². The summed E-state index contributed by atoms with van der Waals surface area (Å²) < 4.78 is 2.14. The Balaban J connectivity index is 2.24. The Hall–Kier alpha value is -1.61. The van der Waals surface area contributed by atoms with Crippen molar-refractivity contribution in [3.8, 4) is 5.69 Å². The predicted octanol–water partition coefficient (Wildman–Crippen LogP) is 3.69. The Kier molecular flexibility index (Phi) is 4.00. The van der Waals surface area contributed by atoms with Crippen molar-refractivity contribution in [1.29, 1.82) is 0 Å². The fourth-order valence-corrected chi connectivity index (χ4v) is 2.15. The molecule has 20 heavy (non-hydrogen) atoms. The van der Waals surface area contributed by atoms with Crippen LogP contribution in [-0.2, 0) is 6.54 Å². The molecule has 0 spiro atoms. The molecule has 3 nitrogen and oxygen atoms in total. The van der Waals surface area contributed by atoms with E-state index in [9.17, 15) is 0 Å². The van der Waals surface area contributed by atoms with E-state index in [1.165, 1.54) is 22.5 Å². The molecule has 1 heterocycles. The Morgan fingerprint density at radius 2 is 1.85 bits per heavy atom. The molecule has 0 aliphatic carbocycles. The van der Waals surface area contributed by atoms with Gasteiger partial charge in [0.1, 0.15) is 0 Å². The van der Waals surface area contributed by atoms with E-state index in [1.54, 1.807) is 0 Å². The number of hydrogen-bond acceptors (Lipinski definition) is 2. The van der Waals surface area contributed by atoms with E-state index < -0.39 is 0 Å². The molecule has 0 bridgehead atoms. The lowest BCUT2D eigenvalue weighted by Gasteiger charge is -2.21. The number of rotatable bonds is 3. The first-order valence-electron chi connectivity index (χ1n) is 7.13. The van der Waals surface area contributed by atoms with Gasteiger partial charge in [-0.05, 0) is 64.8 Å². The largest absolute Gasteiger partial charge is 0.308 e. The Morgan fingerprint density at radius 1 is 1.15 bits per heavy atom. The van der Waals surface area contributed by atoms with Crippen LogP contribution >= 0.6 is 0 Å². The molecule has 1 N–H and O–H groups in total. The van der Waals surface area contributed by atoms with Gasteiger partial charge in [0.05, 0.1) is 12.0 Å². The van der Waals surface area contributed by atoms with Crippen molar-refractivity contribution in [2.75, 3.05) is 0 Å². The number of aryl methyl sites for hydroxylation is 2. The van der Waals surface area contributed by atoms with Crippen molar-refractivity contribution in [2.45, 2.75) is 53.6 Å². The van der Waals surface area contributed by atoms with E-state index in [2.05, 4.69) is 67.7 Å². The third kappa shape index (κ3) is 3.28. The molecule has 1 aromatic carbocycles. The molecule has 0 aliphatic heterocycles. The Bertz CT molecular complexity index is 603. The van der Waals surface area contributed by atoms with Crippen molar-refractivity contribution in [1.82, 2.24) is 14.9 Å². The quantitative estimate of drug-likeness (QED) is 0.922. The molecular formula is C17H25N3. The maximum Gasteiger partial charge on any atom is 0.0997 e. The lowest BCUT2D eigenvalue weighted by molar-refractivity contribution is 0.424. The molecule has 0 saturated heterocycles. The molecule has 3 heteroatoms. The topological polar surface area (TPSA) is 29.9 Å². The molecule has 0 atom stereocenters. The summed E-state index contributed by atoms with van der Waals surface area (Å²) in [5.74, 6) is 0. The van der Waals surface area contributed by atoms with Gasteiger partial charge in [0.15, 0.2) is 0 Å². The maximum atomic E-state index is 4.36. The smallest absolute Gasteiger partial charge is 0.0997 e. The summed E-state index contributed by atoms with van der Waals surface area (Å²) in [6, 6.07) is 6.60. The van der Waals surface area contributed by atoms with Gasteiger partial charge in [-0.3, -0.25) is 0 Å². The molecular weight excluding hydrogens is 246 g/mol. The third-order valence-electron chi connectivity index (χ3n) is 3.67. The van der Waals surface area contributed by atoms with Gasteiger partial charge in [-0.25, -0.2) is 4.98 Å². The molecule has 0 amide bonds. The van der Waals surface area contributed by atoms with Crippen molar-refractivity contribution in [3.05, 3.63) is 47.0 Å². The van der Waals surface area contributed by atoms with Gasteiger partial charge in [0, 0.05) is 23.5 Å². The highest BCUT2D eigenvalue weighted by Gasteiger charge is 2.10. The van der Waals surface area contributed by atoms with Gasteiger partial charge in [0.25, 0.3) is 0 Å². The van der Waals surface area contributed by atoms with Crippen LogP contribution in [0.25, 0.3) is 5.69 Å². The van der Waals surface area contributed by atoms with Crippen molar-refractivity contribution in [3.63, 3.8) is 0 Å². The number of hydrogen-bond donors (Lipinski definition) is 1. The highest BCUT2D eigenvalue weighted by atomic mass is 15.1. The minimum atomic E-state index is 0.142. The number of nitrogens with one attached hydrogen (secondary N) is 1. The zero-order valence-corrected chi connectivity index (χ0v) is 13.4. The van der Waals surface area contributed by atoms with E-state index in [-0.39, 0.29) is 5.54 Å². The van der Waals surface area contributed by atoms with Crippen LogP contribution in [0.3, 0.4) is 0 Å². The molecule has 0 aliphatic rings. The van der Waals surface area contributed by atoms with Crippen LogP contribution in [0.15, 0.2) is 24.5 Å². The van der Waals surface area contributed by atoms with Crippen LogP contribution in [0.1, 0.15) is 43.3 Å². The highest BCUT2D eigenvalue weighted by Crippen LogP contribution is 2.18. The lowest BCUT2D eigenvalue weighted by Crippen LogP contribution is -2.35. The molecule has 0 unspecified atom stereocenters. The van der Waals surface area contributed by atoms with Gasteiger partial charge < -0.3 is 9.88 Å². The molecule has 2 rings (SSSR count). The monoisotopic (exact) mass is 271 g/mol. The van der Waals surface area contributed by atoms with Crippen LogP contribution < -0.4 is 5.32 Å². The molecule has 1 aromatic heterocycles. The van der Waals surface area contributed by atoms with Crippen LogP contribution in [0.4, 0.5) is 0 Å². The fraction of sp³-hybridized carbons (Fsp3) is 0.471. The van der Waals surface area contributed by atoms with E-state index in [0.29, 0.717) is 0 Å². The molecule has 108 valence electrons. The summed E-state index contributed by atoms with van der Waals surface area (Å²) >= 11 is 0. The molecule has 0 radical (unpaired) electrons. The molecule has 0 saturated carbocycles. The first-order valence-corrected chi connectivity index (χ1v) is 7.13. The SMILES string of the molecule is Cc1cc(-n2cnc(C)c2C)ccc1CNC(C)(C)C. The molecule has 0 fully saturated rings. The second-order valence-corrected chi connectivity index (χ2v) is 6.50. The standard InChI is InChI=1S/C17H25N3/c1-12-9-16(20-11-18-13(2)14(20)3)8-7-15(12)10-19-17(4,5)6/h7-9,11,19H,10H2,1-6H3. The summed E-state index contributed by atoms with van der Waals surface area (Å²) in [6.45, 7) is 13.8. The third-order valence-corrected chi connectivity index (χ3v) is 3.67. The zero-order valence-electron chi connectivity index (χ0n) is 13.4. The second-order valence-electron chi connectivity index (χ2n) is 6.50. The van der Waals surface area contributed by atoms with E-state index in [0.717, 1.165) is 12.2 Å². The second kappa shape index (κ2) is 5.41. The summed E-state index contributed by atoms with van der Waals surface area (Å²) in [4.78, 5) is 4.36. The van der Waals surface area contributed by atoms with Crippen molar-refractivity contribution in [2.24, 2.45) is 0 Å². The first-order chi connectivity index (χ1) is 9.28. The van der Waals surface area contributed by atoms with E-state index in [4.69, 9.17) is 0 Å². The van der Waals surface area contributed by atoms with Gasteiger partial charge in [-0.15, -0.1) is 0 Å². The van der Waals surface area contributed by atoms with Crippen molar-refractivity contribution < 1.29 is 0 Å². The Morgan fingerprint density at radius 3 is 2.35 bits per heavy atom. The van der Waals surface area contributed by atoms with Crippen molar-refractivity contribution >= 4 is 0 Å². The fourth-order valence-electron chi connectivity index (χ4n) is 2.15. The summed E-state index contributed by atoms with van der Waals surface area (Å²) in [5.41, 5.74) is 6.26. The predicted molar refractivity (Wildman–Crippen MR) is 84.4 cm³/mol. The summed E-state index contributed by atoms with van der Waals surface area (Å²) in [7, 11) is 0. The molecule has 2 aromatic rings. The average Bonchev–Trinajstić information content (AvgIpc) is 2.67. The normalized spacial score (nSPS) is 11.9. The Labute approximate surface area is 122 Å². The minimum Gasteiger partial charge on any atom is -0.308 e. The summed E-state index contributed by atoms with van der Waals surface area (Å²) in [5, 5.41) is 3.53. The van der Waals surface area contributed by atoms with Gasteiger partial charge in [-0.2, -0.15) is 0 Å². The van der Waals surface area contributed by atoms with Crippen LogP contribution in [0.5, 0.6) is 0 Å². The van der Waals surface area contributed by atoms with E-state index in [1.807, 2.05) is 13.3 Å². The maximum absolute atomic E-state index is 4.36. The highest BCUT2D eigenvalue weighted by molar-refractivity contribution is 5.41.